The smallest absolute Gasteiger partial charge is 0.490 e. The summed E-state index contributed by atoms with van der Waals surface area (Å²) in [6.45, 7) is 1.38. The maximum absolute atomic E-state index is 13.2. The molecule has 2 fully saturated rings. The van der Waals surface area contributed by atoms with E-state index in [4.69, 9.17) is 19.4 Å². The van der Waals surface area contributed by atoms with Crippen molar-refractivity contribution in [1.29, 1.82) is 0 Å². The van der Waals surface area contributed by atoms with Crippen molar-refractivity contribution < 1.29 is 50.9 Å². The first kappa shape index (κ1) is 30.0. The SMILES string of the molecule is COc1ccc(-c2cnc(N3CCN(S(=O)(=O)C4(C(=O)O)CCOCC4)CC3)nc2)cc1.O=C(O)C(F)(F)F. The monoisotopic (exact) mass is 576 g/mol. The van der Waals surface area contributed by atoms with Gasteiger partial charge in [0.25, 0.3) is 0 Å². The number of piperazine rings is 1. The molecule has 1 aromatic heterocycles. The van der Waals surface area contributed by atoms with Crippen molar-refractivity contribution in [1.82, 2.24) is 14.3 Å². The second-order valence-corrected chi connectivity index (χ2v) is 10.9. The molecule has 2 N–H and O–H groups in total. The number of sulfonamides is 1. The number of hydrogen-bond acceptors (Lipinski definition) is 9. The molecule has 2 saturated heterocycles. The molecule has 0 amide bonds. The first-order valence-electron chi connectivity index (χ1n) is 11.6. The maximum atomic E-state index is 13.2. The summed E-state index contributed by atoms with van der Waals surface area (Å²) >= 11 is 0. The lowest BCUT2D eigenvalue weighted by atomic mass is 9.99. The zero-order chi connectivity index (χ0) is 28.8. The number of aliphatic carboxylic acids is 2. The molecule has 12 nitrogen and oxygen atoms in total. The van der Waals surface area contributed by atoms with E-state index in [0.717, 1.165) is 16.9 Å². The van der Waals surface area contributed by atoms with Crippen LogP contribution in [0.5, 0.6) is 5.75 Å². The molecule has 0 unspecified atom stereocenters. The normalized spacial score (nSPS) is 18.0. The fourth-order valence-corrected chi connectivity index (χ4v) is 6.12. The zero-order valence-electron chi connectivity index (χ0n) is 20.8. The lowest BCUT2D eigenvalue weighted by molar-refractivity contribution is -0.192. The van der Waals surface area contributed by atoms with Crippen molar-refractivity contribution in [3.63, 3.8) is 0 Å². The van der Waals surface area contributed by atoms with Crippen LogP contribution in [0.2, 0.25) is 0 Å². The third-order valence-electron chi connectivity index (χ3n) is 6.35. The van der Waals surface area contributed by atoms with E-state index in [-0.39, 0.29) is 39.1 Å². The van der Waals surface area contributed by atoms with Gasteiger partial charge in [0, 0.05) is 70.2 Å². The van der Waals surface area contributed by atoms with Crippen LogP contribution in [0.15, 0.2) is 36.7 Å². The molecule has 3 heterocycles. The van der Waals surface area contributed by atoms with Crippen LogP contribution in [0.25, 0.3) is 11.1 Å². The van der Waals surface area contributed by atoms with Gasteiger partial charge in [0.05, 0.1) is 7.11 Å². The van der Waals surface area contributed by atoms with Crippen LogP contribution in [-0.2, 0) is 24.3 Å². The topological polar surface area (TPSA) is 159 Å². The molecule has 39 heavy (non-hydrogen) atoms. The Hall–Kier alpha value is -3.50. The number of halogens is 3. The highest BCUT2D eigenvalue weighted by atomic mass is 32.2. The van der Waals surface area contributed by atoms with Crippen LogP contribution in [0.3, 0.4) is 0 Å². The van der Waals surface area contributed by atoms with E-state index in [1.54, 1.807) is 19.5 Å². The lowest BCUT2D eigenvalue weighted by Crippen LogP contribution is -2.60. The molecular formula is C23H27F3N4O8S. The average Bonchev–Trinajstić information content (AvgIpc) is 2.93. The van der Waals surface area contributed by atoms with E-state index in [2.05, 4.69) is 9.97 Å². The molecule has 4 rings (SSSR count). The highest BCUT2D eigenvalue weighted by Crippen LogP contribution is 2.33. The minimum atomic E-state index is -5.08. The summed E-state index contributed by atoms with van der Waals surface area (Å²) in [5, 5.41) is 16.9. The number of alkyl halides is 3. The Bertz CT molecular complexity index is 1240. The summed E-state index contributed by atoms with van der Waals surface area (Å²) in [5.41, 5.74) is 1.82. The molecule has 0 radical (unpaired) electrons. The van der Waals surface area contributed by atoms with Crippen molar-refractivity contribution in [2.45, 2.75) is 23.8 Å². The average molecular weight is 577 g/mol. The van der Waals surface area contributed by atoms with E-state index >= 15 is 0 Å². The Morgan fingerprint density at radius 2 is 1.49 bits per heavy atom. The van der Waals surface area contributed by atoms with Crippen LogP contribution >= 0.6 is 0 Å². The minimum Gasteiger partial charge on any atom is -0.497 e. The van der Waals surface area contributed by atoms with Crippen molar-refractivity contribution in [3.8, 4) is 16.9 Å². The number of nitrogens with zero attached hydrogens (tertiary/aromatic N) is 4. The molecule has 1 aromatic carbocycles. The molecule has 0 aliphatic carbocycles. The van der Waals surface area contributed by atoms with Gasteiger partial charge in [0.15, 0.2) is 4.75 Å². The van der Waals surface area contributed by atoms with Gasteiger partial charge in [-0.05, 0) is 17.7 Å². The van der Waals surface area contributed by atoms with E-state index in [1.165, 1.54) is 4.31 Å². The lowest BCUT2D eigenvalue weighted by Gasteiger charge is -2.40. The molecule has 2 aliphatic rings. The number of carboxylic acids is 2. The van der Waals surface area contributed by atoms with Gasteiger partial charge < -0.3 is 24.6 Å². The second-order valence-electron chi connectivity index (χ2n) is 8.61. The Labute approximate surface area is 222 Å². The fraction of sp³-hybridized carbons (Fsp3) is 0.478. The third kappa shape index (κ3) is 6.75. The van der Waals surface area contributed by atoms with Crippen LogP contribution in [0, 0.1) is 0 Å². The molecule has 0 bridgehead atoms. The van der Waals surface area contributed by atoms with Gasteiger partial charge >= 0.3 is 18.1 Å². The number of ether oxygens (including phenoxy) is 2. The first-order valence-corrected chi connectivity index (χ1v) is 13.1. The Morgan fingerprint density at radius 3 is 1.92 bits per heavy atom. The minimum absolute atomic E-state index is 0.0409. The van der Waals surface area contributed by atoms with Crippen molar-refractivity contribution >= 4 is 27.9 Å². The molecular weight excluding hydrogens is 549 g/mol. The number of anilines is 1. The van der Waals surface area contributed by atoms with Crippen LogP contribution < -0.4 is 9.64 Å². The standard InChI is InChI=1S/C21H26N4O6S.C2HF3O2/c1-30-18-4-2-16(3-5-18)17-14-22-20(23-15-17)24-8-10-25(11-9-24)32(28,29)21(19(26)27)6-12-31-13-7-21;3-2(4,5)1(6)7/h2-5,14-15H,6-13H2,1H3,(H,26,27);(H,6,7). The number of methoxy groups -OCH3 is 1. The molecule has 0 atom stereocenters. The number of rotatable bonds is 6. The Balaban J connectivity index is 0.000000532. The van der Waals surface area contributed by atoms with Gasteiger partial charge in [-0.1, -0.05) is 12.1 Å². The predicted octanol–water partition coefficient (Wildman–Crippen LogP) is 1.87. The molecule has 16 heteroatoms. The van der Waals surface area contributed by atoms with Crippen LogP contribution in [-0.4, -0.2) is 102 Å². The van der Waals surface area contributed by atoms with E-state index in [0.29, 0.717) is 19.0 Å². The van der Waals surface area contributed by atoms with Gasteiger partial charge in [0.1, 0.15) is 5.75 Å². The number of aromatic nitrogens is 2. The highest BCUT2D eigenvalue weighted by Gasteiger charge is 2.54. The van der Waals surface area contributed by atoms with Gasteiger partial charge in [-0.15, -0.1) is 0 Å². The zero-order valence-corrected chi connectivity index (χ0v) is 21.6. The molecule has 214 valence electrons. The summed E-state index contributed by atoms with van der Waals surface area (Å²) < 4.78 is 68.0. The van der Waals surface area contributed by atoms with Crippen LogP contribution in [0.4, 0.5) is 19.1 Å². The fourth-order valence-electron chi connectivity index (χ4n) is 4.08. The van der Waals surface area contributed by atoms with Crippen LogP contribution in [0.1, 0.15) is 12.8 Å². The van der Waals surface area contributed by atoms with Crippen molar-refractivity contribution in [2.24, 2.45) is 0 Å². The largest absolute Gasteiger partial charge is 0.497 e. The van der Waals surface area contributed by atoms with Gasteiger partial charge in [0.2, 0.25) is 16.0 Å². The Kier molecular flexibility index (Phi) is 9.34. The Morgan fingerprint density at radius 1 is 0.974 bits per heavy atom. The quantitative estimate of drug-likeness (QED) is 0.517. The summed E-state index contributed by atoms with van der Waals surface area (Å²) in [6, 6.07) is 7.58. The molecule has 2 aromatic rings. The predicted molar refractivity (Wildman–Crippen MR) is 131 cm³/mol. The van der Waals surface area contributed by atoms with Crippen molar-refractivity contribution in [3.05, 3.63) is 36.7 Å². The summed E-state index contributed by atoms with van der Waals surface area (Å²) in [7, 11) is -2.41. The molecule has 2 aliphatic heterocycles. The highest BCUT2D eigenvalue weighted by molar-refractivity contribution is 7.91. The van der Waals surface area contributed by atoms with E-state index in [9.17, 15) is 31.5 Å². The van der Waals surface area contributed by atoms with Gasteiger partial charge in [-0.3, -0.25) is 4.79 Å². The third-order valence-corrected chi connectivity index (χ3v) is 8.96. The number of hydrogen-bond donors (Lipinski definition) is 2. The molecule has 0 spiro atoms. The van der Waals surface area contributed by atoms with E-state index < -0.39 is 32.9 Å². The van der Waals surface area contributed by atoms with E-state index in [1.807, 2.05) is 29.2 Å². The summed E-state index contributed by atoms with van der Waals surface area (Å²) in [6.07, 6.45) is -1.70. The van der Waals surface area contributed by atoms with Crippen molar-refractivity contribution in [2.75, 3.05) is 51.4 Å². The number of carbonyl (C=O) groups is 2. The molecule has 0 saturated carbocycles. The first-order chi connectivity index (χ1) is 18.3. The van der Waals surface area contributed by atoms with Gasteiger partial charge in [-0.25, -0.2) is 23.2 Å². The number of carboxylic acid groups (broad SMARTS) is 2. The van der Waals surface area contributed by atoms with Gasteiger partial charge in [-0.2, -0.15) is 17.5 Å². The summed E-state index contributed by atoms with van der Waals surface area (Å²) in [4.78, 5) is 31.6. The summed E-state index contributed by atoms with van der Waals surface area (Å²) in [5.74, 6) is -2.78. The second kappa shape index (κ2) is 12.1. The maximum Gasteiger partial charge on any atom is 0.490 e. The number of benzene rings is 1.